The van der Waals surface area contributed by atoms with Crippen molar-refractivity contribution in [1.29, 1.82) is 0 Å². The van der Waals surface area contributed by atoms with Gasteiger partial charge in [-0.2, -0.15) is 15.0 Å². The van der Waals surface area contributed by atoms with Gasteiger partial charge in [-0.3, -0.25) is 0 Å². The Bertz CT molecular complexity index is 401. The summed E-state index contributed by atoms with van der Waals surface area (Å²) in [7, 11) is 1.56. The average Bonchev–Trinajstić information content (AvgIpc) is 2.51. The van der Waals surface area contributed by atoms with E-state index in [1.807, 2.05) is 0 Å². The number of anilines is 2. The molecule has 0 amide bonds. The number of nitrogens with zero attached hydrogens (tertiary/aromatic N) is 4. The second-order valence-electron chi connectivity index (χ2n) is 4.76. The normalized spacial score (nSPS) is 10.7. The van der Waals surface area contributed by atoms with Gasteiger partial charge in [0.1, 0.15) is 0 Å². The third kappa shape index (κ3) is 6.57. The Morgan fingerprint density at radius 1 is 0.905 bits per heavy atom. The molecule has 0 aliphatic heterocycles. The van der Waals surface area contributed by atoms with Gasteiger partial charge in [0.2, 0.25) is 11.9 Å². The van der Waals surface area contributed by atoms with Crippen LogP contribution in [0.5, 0.6) is 6.01 Å². The highest BCUT2D eigenvalue weighted by Crippen LogP contribution is 2.10. The summed E-state index contributed by atoms with van der Waals surface area (Å²) in [4.78, 5) is 15.1. The lowest BCUT2D eigenvalue weighted by Gasteiger charge is -2.19. The number of likely N-dealkylation sites (N-methyl/N-ethyl adjacent to an activating group) is 1. The summed E-state index contributed by atoms with van der Waals surface area (Å²) in [5.74, 6) is 1.10. The minimum atomic E-state index is 0.326. The lowest BCUT2D eigenvalue weighted by atomic mass is 10.4. The van der Waals surface area contributed by atoms with Crippen molar-refractivity contribution in [2.24, 2.45) is 0 Å². The summed E-state index contributed by atoms with van der Waals surface area (Å²) in [6.45, 7) is 11.2. The zero-order chi connectivity index (χ0) is 15.5. The molecule has 7 heteroatoms. The third-order valence-corrected chi connectivity index (χ3v) is 3.03. The molecular weight excluding hydrogens is 268 g/mol. The van der Waals surface area contributed by atoms with Crippen molar-refractivity contribution in [3.05, 3.63) is 0 Å². The van der Waals surface area contributed by atoms with Crippen LogP contribution in [0.4, 0.5) is 11.9 Å². The fourth-order valence-corrected chi connectivity index (χ4v) is 1.91. The summed E-state index contributed by atoms with van der Waals surface area (Å²) in [6, 6.07) is 0.326. The number of ether oxygens (including phenoxy) is 1. The van der Waals surface area contributed by atoms with Crippen LogP contribution in [-0.4, -0.2) is 59.7 Å². The van der Waals surface area contributed by atoms with Crippen molar-refractivity contribution in [3.8, 4) is 6.01 Å². The molecule has 0 fully saturated rings. The SMILES string of the molecule is CCCNc1nc(NCCN(CC)CCC)nc(OC)n1. The molecule has 0 unspecified atom stereocenters. The van der Waals surface area contributed by atoms with Gasteiger partial charge in [-0.1, -0.05) is 20.8 Å². The maximum absolute atomic E-state index is 5.11. The van der Waals surface area contributed by atoms with Crippen LogP contribution in [-0.2, 0) is 0 Å². The molecule has 21 heavy (non-hydrogen) atoms. The van der Waals surface area contributed by atoms with Crippen LogP contribution in [0, 0.1) is 0 Å². The molecular formula is C14H28N6O. The smallest absolute Gasteiger partial charge is 0.322 e. The number of methoxy groups -OCH3 is 1. The molecule has 1 aromatic rings. The molecule has 0 saturated carbocycles. The van der Waals surface area contributed by atoms with Gasteiger partial charge >= 0.3 is 6.01 Å². The van der Waals surface area contributed by atoms with Gasteiger partial charge in [0.25, 0.3) is 0 Å². The maximum atomic E-state index is 5.11. The van der Waals surface area contributed by atoms with E-state index in [2.05, 4.69) is 51.3 Å². The van der Waals surface area contributed by atoms with Crippen molar-refractivity contribution >= 4 is 11.9 Å². The minimum Gasteiger partial charge on any atom is -0.467 e. The van der Waals surface area contributed by atoms with Crippen molar-refractivity contribution in [1.82, 2.24) is 19.9 Å². The first-order chi connectivity index (χ1) is 10.2. The largest absolute Gasteiger partial charge is 0.467 e. The second kappa shape index (κ2) is 10.1. The molecule has 0 aromatic carbocycles. The summed E-state index contributed by atoms with van der Waals surface area (Å²) in [5, 5.41) is 6.38. The lowest BCUT2D eigenvalue weighted by molar-refractivity contribution is 0.299. The highest BCUT2D eigenvalue weighted by Gasteiger charge is 2.07. The second-order valence-corrected chi connectivity index (χ2v) is 4.76. The Balaban J connectivity index is 2.56. The van der Waals surface area contributed by atoms with Crippen LogP contribution in [0.25, 0.3) is 0 Å². The van der Waals surface area contributed by atoms with Crippen LogP contribution in [0.15, 0.2) is 0 Å². The molecule has 1 aromatic heterocycles. The third-order valence-electron chi connectivity index (χ3n) is 3.03. The first kappa shape index (κ1) is 17.4. The van der Waals surface area contributed by atoms with E-state index in [0.29, 0.717) is 17.9 Å². The van der Waals surface area contributed by atoms with Crippen molar-refractivity contribution in [3.63, 3.8) is 0 Å². The highest BCUT2D eigenvalue weighted by molar-refractivity contribution is 5.35. The predicted octanol–water partition coefficient (Wildman–Crippen LogP) is 1.85. The maximum Gasteiger partial charge on any atom is 0.322 e. The van der Waals surface area contributed by atoms with Gasteiger partial charge in [-0.15, -0.1) is 0 Å². The molecule has 0 saturated heterocycles. The molecule has 7 nitrogen and oxygen atoms in total. The fourth-order valence-electron chi connectivity index (χ4n) is 1.91. The monoisotopic (exact) mass is 296 g/mol. The Labute approximate surface area is 127 Å². The fraction of sp³-hybridized carbons (Fsp3) is 0.786. The zero-order valence-corrected chi connectivity index (χ0v) is 13.6. The lowest BCUT2D eigenvalue weighted by Crippen LogP contribution is -2.30. The average molecular weight is 296 g/mol. The summed E-state index contributed by atoms with van der Waals surface area (Å²) in [6.07, 6.45) is 2.18. The molecule has 0 atom stereocenters. The van der Waals surface area contributed by atoms with Crippen LogP contribution in [0.1, 0.15) is 33.6 Å². The minimum absolute atomic E-state index is 0.326. The summed E-state index contributed by atoms with van der Waals surface area (Å²) in [5.41, 5.74) is 0. The molecule has 0 aliphatic rings. The van der Waals surface area contributed by atoms with Crippen molar-refractivity contribution in [2.75, 3.05) is 50.5 Å². The van der Waals surface area contributed by atoms with Crippen molar-refractivity contribution < 1.29 is 4.74 Å². The summed E-state index contributed by atoms with van der Waals surface area (Å²) >= 11 is 0. The van der Waals surface area contributed by atoms with Crippen molar-refractivity contribution in [2.45, 2.75) is 33.6 Å². The van der Waals surface area contributed by atoms with E-state index < -0.39 is 0 Å². The van der Waals surface area contributed by atoms with E-state index >= 15 is 0 Å². The van der Waals surface area contributed by atoms with Crippen LogP contribution in [0.3, 0.4) is 0 Å². The topological polar surface area (TPSA) is 75.2 Å². The Morgan fingerprint density at radius 2 is 1.57 bits per heavy atom. The summed E-state index contributed by atoms with van der Waals surface area (Å²) < 4.78 is 5.11. The van der Waals surface area contributed by atoms with E-state index in [1.54, 1.807) is 7.11 Å². The zero-order valence-electron chi connectivity index (χ0n) is 13.6. The first-order valence-corrected chi connectivity index (χ1v) is 7.73. The van der Waals surface area contributed by atoms with Crippen LogP contribution >= 0.6 is 0 Å². The molecule has 0 bridgehead atoms. The Morgan fingerprint density at radius 3 is 2.10 bits per heavy atom. The Kier molecular flexibility index (Phi) is 8.42. The Hall–Kier alpha value is -1.63. The van der Waals surface area contributed by atoms with Gasteiger partial charge in [-0.05, 0) is 25.9 Å². The van der Waals surface area contributed by atoms with E-state index in [4.69, 9.17) is 4.74 Å². The number of rotatable bonds is 11. The van der Waals surface area contributed by atoms with E-state index in [1.165, 1.54) is 6.42 Å². The molecule has 0 aliphatic carbocycles. The quantitative estimate of drug-likeness (QED) is 0.645. The van der Waals surface area contributed by atoms with Gasteiger partial charge < -0.3 is 20.3 Å². The van der Waals surface area contributed by atoms with Crippen LogP contribution < -0.4 is 15.4 Å². The standard InChI is InChI=1S/C14H28N6O/c1-5-8-15-12-17-13(19-14(18-12)21-4)16-9-11-20(7-3)10-6-2/h5-11H2,1-4H3,(H2,15,16,17,18,19). The van der Waals surface area contributed by atoms with Gasteiger partial charge in [0.15, 0.2) is 0 Å². The predicted molar refractivity (Wildman–Crippen MR) is 86.1 cm³/mol. The molecule has 1 heterocycles. The number of nitrogens with one attached hydrogen (secondary N) is 2. The van der Waals surface area contributed by atoms with E-state index in [0.717, 1.165) is 39.1 Å². The molecule has 0 spiro atoms. The van der Waals surface area contributed by atoms with Gasteiger partial charge in [0, 0.05) is 19.6 Å². The van der Waals surface area contributed by atoms with E-state index in [-0.39, 0.29) is 0 Å². The van der Waals surface area contributed by atoms with Gasteiger partial charge in [0.05, 0.1) is 7.11 Å². The molecule has 120 valence electrons. The number of hydrogen-bond acceptors (Lipinski definition) is 7. The molecule has 0 radical (unpaired) electrons. The highest BCUT2D eigenvalue weighted by atomic mass is 16.5. The molecule has 2 N–H and O–H groups in total. The van der Waals surface area contributed by atoms with Gasteiger partial charge in [-0.25, -0.2) is 0 Å². The number of aromatic nitrogens is 3. The van der Waals surface area contributed by atoms with Crippen LogP contribution in [0.2, 0.25) is 0 Å². The van der Waals surface area contributed by atoms with E-state index in [9.17, 15) is 0 Å². The molecule has 1 rings (SSSR count). The number of hydrogen-bond donors (Lipinski definition) is 2. The first-order valence-electron chi connectivity index (χ1n) is 7.73.